The topological polar surface area (TPSA) is 63.3 Å². The number of carboxylic acid groups (broad SMARTS) is 1. The van der Waals surface area contributed by atoms with Gasteiger partial charge in [-0.25, -0.2) is 8.78 Å². The van der Waals surface area contributed by atoms with Crippen LogP contribution in [0, 0.1) is 11.6 Å². The first-order valence-electron chi connectivity index (χ1n) is 4.53. The summed E-state index contributed by atoms with van der Waals surface area (Å²) < 4.78 is 26.4. The van der Waals surface area contributed by atoms with Crippen LogP contribution < -0.4 is 5.73 Å². The fraction of sp³-hybridized carbons (Fsp3) is 0.300. The molecule has 0 bridgehead atoms. The summed E-state index contributed by atoms with van der Waals surface area (Å²) in [6.45, 7) is 0. The molecule has 1 atom stereocenters. The first-order chi connectivity index (χ1) is 7.41. The smallest absolute Gasteiger partial charge is 0.303 e. The number of carboxylic acids is 1. The Morgan fingerprint density at radius 1 is 1.44 bits per heavy atom. The zero-order valence-electron chi connectivity index (χ0n) is 8.21. The number of benzene rings is 1. The van der Waals surface area contributed by atoms with Crippen LogP contribution in [0.25, 0.3) is 0 Å². The second kappa shape index (κ2) is 5.23. The van der Waals surface area contributed by atoms with Crippen LogP contribution in [0.4, 0.5) is 8.78 Å². The van der Waals surface area contributed by atoms with Crippen molar-refractivity contribution in [3.8, 4) is 0 Å². The van der Waals surface area contributed by atoms with Gasteiger partial charge in [0.2, 0.25) is 0 Å². The van der Waals surface area contributed by atoms with E-state index in [1.165, 1.54) is 0 Å². The maximum absolute atomic E-state index is 13.3. The molecule has 0 saturated heterocycles. The molecular formula is C10H10ClF2NO2. The largest absolute Gasteiger partial charge is 0.481 e. The molecule has 0 aliphatic rings. The van der Waals surface area contributed by atoms with Crippen molar-refractivity contribution in [1.29, 1.82) is 0 Å². The molecular weight excluding hydrogens is 240 g/mol. The fourth-order valence-electron chi connectivity index (χ4n) is 1.26. The van der Waals surface area contributed by atoms with Crippen LogP contribution in [0.15, 0.2) is 12.1 Å². The van der Waals surface area contributed by atoms with Crippen molar-refractivity contribution in [2.75, 3.05) is 0 Å². The molecule has 3 N–H and O–H groups in total. The van der Waals surface area contributed by atoms with E-state index in [4.69, 9.17) is 22.4 Å². The molecule has 1 rings (SSSR count). The molecule has 0 fully saturated rings. The molecule has 1 aromatic rings. The Kier molecular flexibility index (Phi) is 4.20. The Labute approximate surface area is 95.8 Å². The second-order valence-corrected chi connectivity index (χ2v) is 3.73. The lowest BCUT2D eigenvalue weighted by atomic mass is 10.0. The van der Waals surface area contributed by atoms with Crippen molar-refractivity contribution in [3.05, 3.63) is 34.4 Å². The van der Waals surface area contributed by atoms with E-state index in [1.807, 2.05) is 0 Å². The highest BCUT2D eigenvalue weighted by atomic mass is 35.5. The van der Waals surface area contributed by atoms with Gasteiger partial charge in [0.25, 0.3) is 0 Å². The van der Waals surface area contributed by atoms with Gasteiger partial charge in [-0.3, -0.25) is 4.79 Å². The number of carbonyl (C=O) groups is 1. The van der Waals surface area contributed by atoms with E-state index >= 15 is 0 Å². The van der Waals surface area contributed by atoms with Crippen LogP contribution in [-0.2, 0) is 4.79 Å². The van der Waals surface area contributed by atoms with Crippen molar-refractivity contribution in [3.63, 3.8) is 0 Å². The second-order valence-electron chi connectivity index (χ2n) is 3.33. The van der Waals surface area contributed by atoms with Crippen LogP contribution in [0.5, 0.6) is 0 Å². The van der Waals surface area contributed by atoms with Gasteiger partial charge >= 0.3 is 5.97 Å². The first-order valence-corrected chi connectivity index (χ1v) is 4.91. The molecule has 0 radical (unpaired) electrons. The molecule has 0 aromatic heterocycles. The van der Waals surface area contributed by atoms with Crippen molar-refractivity contribution in [2.45, 2.75) is 18.9 Å². The molecule has 3 nitrogen and oxygen atoms in total. The first kappa shape index (κ1) is 12.9. The van der Waals surface area contributed by atoms with Crippen LogP contribution >= 0.6 is 11.6 Å². The highest BCUT2D eigenvalue weighted by Gasteiger charge is 2.15. The van der Waals surface area contributed by atoms with Crippen molar-refractivity contribution < 1.29 is 18.7 Å². The van der Waals surface area contributed by atoms with E-state index in [-0.39, 0.29) is 23.4 Å². The van der Waals surface area contributed by atoms with Crippen molar-refractivity contribution in [1.82, 2.24) is 0 Å². The summed E-state index contributed by atoms with van der Waals surface area (Å²) in [5.41, 5.74) is 5.48. The lowest BCUT2D eigenvalue weighted by Gasteiger charge is -2.12. The Morgan fingerprint density at radius 3 is 2.62 bits per heavy atom. The summed E-state index contributed by atoms with van der Waals surface area (Å²) in [6, 6.07) is 0.861. The number of aliphatic carboxylic acids is 1. The standard InChI is InChI=1S/C10H10ClF2NO2/c11-6-4-7(12)5(3-8(6)13)9(14)1-2-10(15)16/h3-4,9H,1-2,14H2,(H,15,16). The Balaban J connectivity index is 2.86. The Hall–Kier alpha value is -1.20. The Bertz CT molecular complexity index is 412. The Morgan fingerprint density at radius 2 is 2.06 bits per heavy atom. The lowest BCUT2D eigenvalue weighted by Crippen LogP contribution is -2.14. The highest BCUT2D eigenvalue weighted by Crippen LogP contribution is 2.24. The summed E-state index contributed by atoms with van der Waals surface area (Å²) >= 11 is 5.37. The molecule has 0 saturated carbocycles. The van der Waals surface area contributed by atoms with Gasteiger partial charge in [-0.2, -0.15) is 0 Å². The van der Waals surface area contributed by atoms with Gasteiger partial charge in [-0.15, -0.1) is 0 Å². The van der Waals surface area contributed by atoms with E-state index < -0.39 is 23.6 Å². The number of rotatable bonds is 4. The summed E-state index contributed by atoms with van der Waals surface area (Å²) in [5.74, 6) is -2.54. The van der Waals surface area contributed by atoms with Crippen LogP contribution in [0.2, 0.25) is 5.02 Å². The quantitative estimate of drug-likeness (QED) is 0.806. The normalized spacial score (nSPS) is 12.5. The molecule has 1 unspecified atom stereocenters. The molecule has 16 heavy (non-hydrogen) atoms. The van der Waals surface area contributed by atoms with Crippen molar-refractivity contribution in [2.24, 2.45) is 5.73 Å². The zero-order chi connectivity index (χ0) is 12.3. The van der Waals surface area contributed by atoms with E-state index in [0.29, 0.717) is 0 Å². The van der Waals surface area contributed by atoms with E-state index in [9.17, 15) is 13.6 Å². The third-order valence-corrected chi connectivity index (χ3v) is 2.40. The monoisotopic (exact) mass is 249 g/mol. The van der Waals surface area contributed by atoms with E-state index in [0.717, 1.165) is 12.1 Å². The third kappa shape index (κ3) is 3.15. The average molecular weight is 250 g/mol. The summed E-state index contributed by atoms with van der Waals surface area (Å²) in [6.07, 6.45) is -0.168. The van der Waals surface area contributed by atoms with Crippen molar-refractivity contribution >= 4 is 17.6 Å². The minimum atomic E-state index is -1.04. The summed E-state index contributed by atoms with van der Waals surface area (Å²) in [4.78, 5) is 10.3. The van der Waals surface area contributed by atoms with Crippen LogP contribution in [0.3, 0.4) is 0 Å². The van der Waals surface area contributed by atoms with Gasteiger partial charge < -0.3 is 10.8 Å². The molecule has 0 spiro atoms. The minimum absolute atomic E-state index is 0.0350. The lowest BCUT2D eigenvalue weighted by molar-refractivity contribution is -0.137. The average Bonchev–Trinajstić information content (AvgIpc) is 2.20. The van der Waals surface area contributed by atoms with Gasteiger partial charge in [0.05, 0.1) is 5.02 Å². The molecule has 6 heteroatoms. The molecule has 88 valence electrons. The number of hydrogen-bond donors (Lipinski definition) is 2. The number of halogens is 3. The third-order valence-electron chi connectivity index (χ3n) is 2.11. The predicted molar refractivity (Wildman–Crippen MR) is 55.2 cm³/mol. The zero-order valence-corrected chi connectivity index (χ0v) is 8.97. The summed E-state index contributed by atoms with van der Waals surface area (Å²) in [7, 11) is 0. The molecule has 1 aromatic carbocycles. The number of nitrogens with two attached hydrogens (primary N) is 1. The SMILES string of the molecule is NC(CCC(=O)O)c1cc(F)c(Cl)cc1F. The van der Waals surface area contributed by atoms with Gasteiger partial charge in [0.15, 0.2) is 0 Å². The van der Waals surface area contributed by atoms with Crippen LogP contribution in [-0.4, -0.2) is 11.1 Å². The summed E-state index contributed by atoms with van der Waals surface area (Å²) in [5, 5.41) is 8.11. The van der Waals surface area contributed by atoms with Gasteiger partial charge in [0, 0.05) is 18.0 Å². The maximum Gasteiger partial charge on any atom is 0.303 e. The minimum Gasteiger partial charge on any atom is -0.481 e. The van der Waals surface area contributed by atoms with Gasteiger partial charge in [-0.05, 0) is 18.6 Å². The van der Waals surface area contributed by atoms with Crippen LogP contribution in [0.1, 0.15) is 24.4 Å². The predicted octanol–water partition coefficient (Wildman–Crippen LogP) is 2.48. The molecule has 0 aliphatic carbocycles. The molecule has 0 aliphatic heterocycles. The number of hydrogen-bond acceptors (Lipinski definition) is 2. The maximum atomic E-state index is 13.3. The molecule has 0 amide bonds. The highest BCUT2D eigenvalue weighted by molar-refractivity contribution is 6.30. The van der Waals surface area contributed by atoms with E-state index in [2.05, 4.69) is 0 Å². The van der Waals surface area contributed by atoms with E-state index in [1.54, 1.807) is 0 Å². The fourth-order valence-corrected chi connectivity index (χ4v) is 1.41. The van der Waals surface area contributed by atoms with Gasteiger partial charge in [-0.1, -0.05) is 11.6 Å². The molecule has 0 heterocycles. The van der Waals surface area contributed by atoms with Gasteiger partial charge in [0.1, 0.15) is 11.6 Å².